The van der Waals surface area contributed by atoms with Crippen molar-refractivity contribution in [1.82, 2.24) is 14.8 Å². The van der Waals surface area contributed by atoms with Gasteiger partial charge in [0.15, 0.2) is 0 Å². The summed E-state index contributed by atoms with van der Waals surface area (Å²) >= 11 is 0. The van der Waals surface area contributed by atoms with E-state index < -0.39 is 0 Å². The summed E-state index contributed by atoms with van der Waals surface area (Å²) in [5.41, 5.74) is 6.01. The Kier molecular flexibility index (Phi) is 4.36. The van der Waals surface area contributed by atoms with E-state index >= 15 is 0 Å². The molecule has 3 N–H and O–H groups in total. The van der Waals surface area contributed by atoms with Crippen molar-refractivity contribution >= 4 is 29.4 Å². The molecule has 8 nitrogen and oxygen atoms in total. The summed E-state index contributed by atoms with van der Waals surface area (Å²) in [4.78, 5) is 41.3. The minimum atomic E-state index is -0.317. The molecule has 0 unspecified atom stereocenters. The number of amides is 4. The Morgan fingerprint density at radius 2 is 2.19 bits per heavy atom. The van der Waals surface area contributed by atoms with Crippen molar-refractivity contribution in [1.29, 1.82) is 0 Å². The molecule has 1 saturated heterocycles. The lowest BCUT2D eigenvalue weighted by molar-refractivity contribution is -0.125. The van der Waals surface area contributed by atoms with Gasteiger partial charge in [-0.2, -0.15) is 0 Å². The van der Waals surface area contributed by atoms with Gasteiger partial charge < -0.3 is 16.0 Å². The first-order valence-electron chi connectivity index (χ1n) is 6.54. The molecular formula is C13H17N5O3. The maximum Gasteiger partial charge on any atom is 0.326 e. The first-order valence-corrected chi connectivity index (χ1v) is 6.54. The first kappa shape index (κ1) is 14.8. The van der Waals surface area contributed by atoms with E-state index in [1.807, 2.05) is 0 Å². The molecule has 0 saturated carbocycles. The molecule has 112 valence electrons. The first-order chi connectivity index (χ1) is 9.97. The van der Waals surface area contributed by atoms with E-state index in [2.05, 4.69) is 10.3 Å². The van der Waals surface area contributed by atoms with Crippen molar-refractivity contribution in [3.8, 4) is 0 Å². The topological polar surface area (TPSA) is 109 Å². The van der Waals surface area contributed by atoms with Gasteiger partial charge in [-0.1, -0.05) is 0 Å². The average molecular weight is 291 g/mol. The van der Waals surface area contributed by atoms with E-state index in [1.165, 1.54) is 11.1 Å². The standard InChI is InChI=1S/C13H17N5O3/c1-17-8-12(20)18(13(17)21)6-2-3-11(19)16-9-4-5-10(14)15-7-9/h4-5,7H,2-3,6,8H2,1H3,(H2,14,15)(H,16,19). The van der Waals surface area contributed by atoms with Crippen LogP contribution in [0.3, 0.4) is 0 Å². The lowest BCUT2D eigenvalue weighted by Crippen LogP contribution is -2.32. The number of hydrogen-bond donors (Lipinski definition) is 2. The summed E-state index contributed by atoms with van der Waals surface area (Å²) in [7, 11) is 1.57. The molecule has 1 fully saturated rings. The zero-order valence-electron chi connectivity index (χ0n) is 11.7. The fraction of sp³-hybridized carbons (Fsp3) is 0.385. The van der Waals surface area contributed by atoms with Gasteiger partial charge in [-0.05, 0) is 18.6 Å². The van der Waals surface area contributed by atoms with Crippen LogP contribution in [0.4, 0.5) is 16.3 Å². The van der Waals surface area contributed by atoms with Crippen molar-refractivity contribution in [2.75, 3.05) is 31.2 Å². The fourth-order valence-corrected chi connectivity index (χ4v) is 1.99. The second kappa shape index (κ2) is 6.21. The highest BCUT2D eigenvalue weighted by Crippen LogP contribution is 2.11. The molecule has 2 rings (SSSR count). The highest BCUT2D eigenvalue weighted by molar-refractivity contribution is 6.01. The Labute approximate surface area is 121 Å². The summed E-state index contributed by atoms with van der Waals surface area (Å²) < 4.78 is 0. The van der Waals surface area contributed by atoms with Gasteiger partial charge in [0, 0.05) is 20.0 Å². The van der Waals surface area contributed by atoms with Gasteiger partial charge in [0.2, 0.25) is 11.8 Å². The minimum absolute atomic E-state index is 0.0993. The van der Waals surface area contributed by atoms with Crippen LogP contribution >= 0.6 is 0 Å². The minimum Gasteiger partial charge on any atom is -0.384 e. The number of nitrogens with zero attached hydrogens (tertiary/aromatic N) is 3. The largest absolute Gasteiger partial charge is 0.384 e. The smallest absolute Gasteiger partial charge is 0.326 e. The third-order valence-electron chi connectivity index (χ3n) is 3.09. The fourth-order valence-electron chi connectivity index (χ4n) is 1.99. The van der Waals surface area contributed by atoms with Crippen molar-refractivity contribution < 1.29 is 14.4 Å². The third kappa shape index (κ3) is 3.68. The molecule has 0 radical (unpaired) electrons. The van der Waals surface area contributed by atoms with Crippen LogP contribution in [-0.2, 0) is 9.59 Å². The summed E-state index contributed by atoms with van der Waals surface area (Å²) in [6.07, 6.45) is 2.10. The van der Waals surface area contributed by atoms with Gasteiger partial charge in [-0.25, -0.2) is 9.78 Å². The summed E-state index contributed by atoms with van der Waals surface area (Å²) in [6, 6.07) is 2.93. The molecule has 0 aliphatic carbocycles. The predicted molar refractivity (Wildman–Crippen MR) is 76.3 cm³/mol. The van der Waals surface area contributed by atoms with Crippen LogP contribution in [0.25, 0.3) is 0 Å². The lowest BCUT2D eigenvalue weighted by Gasteiger charge is -2.13. The number of pyridine rings is 1. The molecule has 0 atom stereocenters. The van der Waals surface area contributed by atoms with Crippen molar-refractivity contribution in [3.05, 3.63) is 18.3 Å². The number of carbonyl (C=O) groups excluding carboxylic acids is 3. The number of urea groups is 1. The normalized spacial score (nSPS) is 14.7. The highest BCUT2D eigenvalue weighted by Gasteiger charge is 2.32. The number of imide groups is 1. The van der Waals surface area contributed by atoms with Crippen LogP contribution in [0.15, 0.2) is 18.3 Å². The zero-order chi connectivity index (χ0) is 15.4. The van der Waals surface area contributed by atoms with Crippen LogP contribution in [0.5, 0.6) is 0 Å². The van der Waals surface area contributed by atoms with Gasteiger partial charge in [0.05, 0.1) is 11.9 Å². The molecule has 21 heavy (non-hydrogen) atoms. The average Bonchev–Trinajstić information content (AvgIpc) is 2.68. The van der Waals surface area contributed by atoms with Crippen LogP contribution in [0.2, 0.25) is 0 Å². The second-order valence-corrected chi connectivity index (χ2v) is 4.81. The molecular weight excluding hydrogens is 274 g/mol. The molecule has 2 heterocycles. The number of likely N-dealkylation sites (N-methyl/N-ethyl adjacent to an activating group) is 1. The zero-order valence-corrected chi connectivity index (χ0v) is 11.7. The molecule has 1 aromatic rings. The Morgan fingerprint density at radius 1 is 1.43 bits per heavy atom. The van der Waals surface area contributed by atoms with E-state index in [0.29, 0.717) is 17.9 Å². The Hall–Kier alpha value is -2.64. The van der Waals surface area contributed by atoms with E-state index in [0.717, 1.165) is 4.90 Å². The number of nitrogens with one attached hydrogen (secondary N) is 1. The number of aromatic nitrogens is 1. The van der Waals surface area contributed by atoms with Gasteiger partial charge in [-0.3, -0.25) is 14.5 Å². The van der Waals surface area contributed by atoms with Crippen molar-refractivity contribution in [3.63, 3.8) is 0 Å². The predicted octanol–water partition coefficient (Wildman–Crippen LogP) is 0.277. The Balaban J connectivity index is 1.76. The molecule has 8 heteroatoms. The molecule has 1 aliphatic rings. The van der Waals surface area contributed by atoms with Gasteiger partial charge in [0.25, 0.3) is 0 Å². The maximum atomic E-state index is 11.7. The number of nitrogen functional groups attached to an aromatic ring is 1. The molecule has 0 spiro atoms. The Morgan fingerprint density at radius 3 is 2.76 bits per heavy atom. The highest BCUT2D eigenvalue weighted by atomic mass is 16.2. The van der Waals surface area contributed by atoms with Crippen molar-refractivity contribution in [2.45, 2.75) is 12.8 Å². The van der Waals surface area contributed by atoms with Gasteiger partial charge in [-0.15, -0.1) is 0 Å². The Bertz CT molecular complexity index is 557. The van der Waals surface area contributed by atoms with E-state index in [-0.39, 0.29) is 37.4 Å². The molecule has 0 bridgehead atoms. The number of carbonyl (C=O) groups is 3. The SMILES string of the molecule is CN1CC(=O)N(CCCC(=O)Nc2ccc(N)nc2)C1=O. The van der Waals surface area contributed by atoms with Gasteiger partial charge in [0.1, 0.15) is 12.4 Å². The molecule has 4 amide bonds. The number of rotatable bonds is 5. The summed E-state index contributed by atoms with van der Waals surface area (Å²) in [5.74, 6) is -0.0529. The third-order valence-corrected chi connectivity index (χ3v) is 3.09. The molecule has 1 aliphatic heterocycles. The monoisotopic (exact) mass is 291 g/mol. The second-order valence-electron chi connectivity index (χ2n) is 4.81. The van der Waals surface area contributed by atoms with Crippen molar-refractivity contribution in [2.24, 2.45) is 0 Å². The molecule has 1 aromatic heterocycles. The maximum absolute atomic E-state index is 11.7. The van der Waals surface area contributed by atoms with Crippen LogP contribution in [0.1, 0.15) is 12.8 Å². The van der Waals surface area contributed by atoms with E-state index in [9.17, 15) is 14.4 Å². The number of hydrogen-bond acceptors (Lipinski definition) is 5. The lowest BCUT2D eigenvalue weighted by atomic mass is 10.2. The number of nitrogens with two attached hydrogens (primary N) is 1. The van der Waals surface area contributed by atoms with Gasteiger partial charge >= 0.3 is 6.03 Å². The van der Waals surface area contributed by atoms with E-state index in [4.69, 9.17) is 5.73 Å². The number of anilines is 2. The van der Waals surface area contributed by atoms with Crippen LogP contribution in [0, 0.1) is 0 Å². The quantitative estimate of drug-likeness (QED) is 0.757. The van der Waals surface area contributed by atoms with E-state index in [1.54, 1.807) is 19.2 Å². The van der Waals surface area contributed by atoms with Crippen LogP contribution in [-0.4, -0.2) is 52.8 Å². The van der Waals surface area contributed by atoms with Crippen LogP contribution < -0.4 is 11.1 Å². The molecule has 0 aromatic carbocycles. The summed E-state index contributed by atoms with van der Waals surface area (Å²) in [6.45, 7) is 0.345. The summed E-state index contributed by atoms with van der Waals surface area (Å²) in [5, 5.41) is 2.67.